The van der Waals surface area contributed by atoms with Gasteiger partial charge in [0.25, 0.3) is 5.91 Å². The lowest BCUT2D eigenvalue weighted by molar-refractivity contribution is -0.145. The topological polar surface area (TPSA) is 114 Å². The molecule has 3 aromatic rings. The lowest BCUT2D eigenvalue weighted by atomic mass is 9.99. The number of rotatable bonds is 10. The number of esters is 1. The molecule has 0 heterocycles. The molecule has 0 radical (unpaired) electrons. The van der Waals surface area contributed by atoms with Crippen LogP contribution in [0.25, 0.3) is 0 Å². The third-order valence-corrected chi connectivity index (χ3v) is 5.35. The molecule has 0 aromatic heterocycles. The second-order valence-electron chi connectivity index (χ2n) is 8.16. The number of nitrogens with one attached hydrogen (secondary N) is 3. The Morgan fingerprint density at radius 3 is 1.81 bits per heavy atom. The average molecular weight is 488 g/mol. The number of hydrogen-bond donors (Lipinski definition) is 3. The molecule has 8 nitrogen and oxygen atoms in total. The van der Waals surface area contributed by atoms with Gasteiger partial charge >= 0.3 is 12.0 Å². The Hall–Kier alpha value is -4.46. The van der Waals surface area contributed by atoms with Gasteiger partial charge < -0.3 is 15.4 Å². The zero-order valence-electron chi connectivity index (χ0n) is 20.0. The van der Waals surface area contributed by atoms with Crippen LogP contribution in [-0.2, 0) is 25.7 Å². The second kappa shape index (κ2) is 13.4. The summed E-state index contributed by atoms with van der Waals surface area (Å²) < 4.78 is 5.23. The first-order valence-corrected chi connectivity index (χ1v) is 11.6. The van der Waals surface area contributed by atoms with Crippen LogP contribution in [-0.4, -0.2) is 29.9 Å². The van der Waals surface area contributed by atoms with E-state index in [1.807, 2.05) is 91.0 Å². The third kappa shape index (κ3) is 8.39. The first-order valence-electron chi connectivity index (χ1n) is 11.6. The molecule has 3 rings (SSSR count). The van der Waals surface area contributed by atoms with Crippen molar-refractivity contribution in [1.29, 1.82) is 0 Å². The lowest BCUT2D eigenvalue weighted by Crippen LogP contribution is -2.51. The quantitative estimate of drug-likeness (QED) is 0.378. The van der Waals surface area contributed by atoms with Crippen LogP contribution in [0.2, 0.25) is 0 Å². The number of carbonyl (C=O) groups excluding carboxylic acids is 4. The minimum Gasteiger partial charge on any atom is -0.461 e. The number of hydrogen-bond acceptors (Lipinski definition) is 5. The molecule has 1 atom stereocenters. The van der Waals surface area contributed by atoms with Crippen molar-refractivity contribution < 1.29 is 23.9 Å². The first kappa shape index (κ1) is 26.2. The normalized spacial score (nSPS) is 11.3. The van der Waals surface area contributed by atoms with E-state index in [0.29, 0.717) is 0 Å². The average Bonchev–Trinajstić information content (AvgIpc) is 2.89. The van der Waals surface area contributed by atoms with Gasteiger partial charge in [0, 0.05) is 13.3 Å². The molecule has 0 aliphatic heterocycles. The molecule has 0 saturated carbocycles. The number of urea groups is 1. The predicted octanol–water partition coefficient (Wildman–Crippen LogP) is 3.63. The van der Waals surface area contributed by atoms with Crippen molar-refractivity contribution >= 4 is 23.8 Å². The van der Waals surface area contributed by atoms with E-state index >= 15 is 0 Å². The van der Waals surface area contributed by atoms with E-state index < -0.39 is 35.9 Å². The number of carbonyl (C=O) groups is 4. The SMILES string of the molecule is CC(=O)N[C@@H](CCC(=O)OCc1ccccc1)C(=O)NC(=O)NC(c1ccccc1)c1ccccc1. The Morgan fingerprint density at radius 2 is 1.28 bits per heavy atom. The van der Waals surface area contributed by atoms with E-state index in [9.17, 15) is 19.2 Å². The summed E-state index contributed by atoms with van der Waals surface area (Å²) in [5, 5.41) is 7.59. The van der Waals surface area contributed by atoms with E-state index in [4.69, 9.17) is 4.74 Å². The second-order valence-corrected chi connectivity index (χ2v) is 8.16. The number of amides is 4. The van der Waals surface area contributed by atoms with Crippen molar-refractivity contribution in [1.82, 2.24) is 16.0 Å². The molecule has 4 amide bonds. The molecule has 0 bridgehead atoms. The highest BCUT2D eigenvalue weighted by Crippen LogP contribution is 2.21. The molecule has 36 heavy (non-hydrogen) atoms. The molecule has 186 valence electrons. The van der Waals surface area contributed by atoms with Gasteiger partial charge in [-0.25, -0.2) is 4.79 Å². The maximum atomic E-state index is 12.8. The Kier molecular flexibility index (Phi) is 9.76. The minimum absolute atomic E-state index is 0.0207. The first-order chi connectivity index (χ1) is 17.4. The van der Waals surface area contributed by atoms with Gasteiger partial charge in [-0.05, 0) is 23.1 Å². The summed E-state index contributed by atoms with van der Waals surface area (Å²) in [7, 11) is 0. The van der Waals surface area contributed by atoms with Gasteiger partial charge in [-0.2, -0.15) is 0 Å². The molecule has 0 spiro atoms. The van der Waals surface area contributed by atoms with Gasteiger partial charge in [-0.1, -0.05) is 91.0 Å². The molecule has 0 unspecified atom stereocenters. The zero-order chi connectivity index (χ0) is 25.8. The molecule has 0 aliphatic rings. The number of benzene rings is 3. The summed E-state index contributed by atoms with van der Waals surface area (Å²) in [5.41, 5.74) is 2.52. The van der Waals surface area contributed by atoms with Crippen molar-refractivity contribution in [2.45, 2.75) is 38.5 Å². The molecule has 8 heteroatoms. The third-order valence-electron chi connectivity index (χ3n) is 5.35. The molecule has 0 fully saturated rings. The van der Waals surface area contributed by atoms with Gasteiger partial charge in [-0.3, -0.25) is 19.7 Å². The Morgan fingerprint density at radius 1 is 0.750 bits per heavy atom. The fourth-order valence-corrected chi connectivity index (χ4v) is 3.60. The summed E-state index contributed by atoms with van der Waals surface area (Å²) in [6.07, 6.45) is -0.128. The van der Waals surface area contributed by atoms with Crippen LogP contribution in [0.1, 0.15) is 42.5 Å². The Bertz CT molecular complexity index is 1110. The fraction of sp³-hybridized carbons (Fsp3) is 0.214. The maximum absolute atomic E-state index is 12.8. The van der Waals surface area contributed by atoms with Crippen molar-refractivity contribution in [3.63, 3.8) is 0 Å². The molecule has 3 aromatic carbocycles. The van der Waals surface area contributed by atoms with Crippen LogP contribution in [0.5, 0.6) is 0 Å². The van der Waals surface area contributed by atoms with Crippen molar-refractivity contribution in [3.05, 3.63) is 108 Å². The van der Waals surface area contributed by atoms with Gasteiger partial charge in [-0.15, -0.1) is 0 Å². The van der Waals surface area contributed by atoms with Crippen molar-refractivity contribution in [2.24, 2.45) is 0 Å². The maximum Gasteiger partial charge on any atom is 0.322 e. The van der Waals surface area contributed by atoms with Crippen LogP contribution in [0.3, 0.4) is 0 Å². The predicted molar refractivity (Wildman–Crippen MR) is 134 cm³/mol. The highest BCUT2D eigenvalue weighted by Gasteiger charge is 2.24. The Balaban J connectivity index is 1.59. The molecule has 0 aliphatic carbocycles. The van der Waals surface area contributed by atoms with Gasteiger partial charge in [0.05, 0.1) is 6.04 Å². The number of ether oxygens (including phenoxy) is 1. The van der Waals surface area contributed by atoms with Gasteiger partial charge in [0.2, 0.25) is 5.91 Å². The zero-order valence-corrected chi connectivity index (χ0v) is 20.0. The van der Waals surface area contributed by atoms with Gasteiger partial charge in [0.15, 0.2) is 0 Å². The Labute approximate surface area is 210 Å². The standard InChI is InChI=1S/C28H29N3O5/c1-20(32)29-24(17-18-25(33)36-19-21-11-5-2-6-12-21)27(34)31-28(35)30-26(22-13-7-3-8-14-22)23-15-9-4-10-16-23/h2-16,24,26H,17-19H2,1H3,(H,29,32)(H2,30,31,34,35)/t24-/m0/s1. The fourth-order valence-electron chi connectivity index (χ4n) is 3.60. The highest BCUT2D eigenvalue weighted by molar-refractivity contribution is 5.98. The highest BCUT2D eigenvalue weighted by atomic mass is 16.5. The van der Waals surface area contributed by atoms with Crippen LogP contribution in [0.15, 0.2) is 91.0 Å². The summed E-state index contributed by atoms with van der Waals surface area (Å²) in [6, 6.07) is 25.6. The van der Waals surface area contributed by atoms with Crippen LogP contribution in [0.4, 0.5) is 4.79 Å². The van der Waals surface area contributed by atoms with E-state index in [1.165, 1.54) is 6.92 Å². The molecule has 0 saturated heterocycles. The summed E-state index contributed by atoms with van der Waals surface area (Å²) in [6.45, 7) is 1.37. The monoisotopic (exact) mass is 487 g/mol. The van der Waals surface area contributed by atoms with E-state index in [-0.39, 0.29) is 19.4 Å². The summed E-state index contributed by atoms with van der Waals surface area (Å²) in [4.78, 5) is 49.4. The van der Waals surface area contributed by atoms with Crippen LogP contribution >= 0.6 is 0 Å². The lowest BCUT2D eigenvalue weighted by Gasteiger charge is -2.21. The number of imide groups is 1. The molecule has 3 N–H and O–H groups in total. The summed E-state index contributed by atoms with van der Waals surface area (Å²) >= 11 is 0. The van der Waals surface area contributed by atoms with Crippen LogP contribution < -0.4 is 16.0 Å². The van der Waals surface area contributed by atoms with Crippen LogP contribution in [0, 0.1) is 0 Å². The van der Waals surface area contributed by atoms with Crippen molar-refractivity contribution in [2.75, 3.05) is 0 Å². The minimum atomic E-state index is -1.08. The van der Waals surface area contributed by atoms with Gasteiger partial charge in [0.1, 0.15) is 12.6 Å². The smallest absolute Gasteiger partial charge is 0.322 e. The molecular weight excluding hydrogens is 458 g/mol. The van der Waals surface area contributed by atoms with E-state index in [2.05, 4.69) is 16.0 Å². The largest absolute Gasteiger partial charge is 0.461 e. The van der Waals surface area contributed by atoms with Crippen molar-refractivity contribution in [3.8, 4) is 0 Å². The van der Waals surface area contributed by atoms with E-state index in [0.717, 1.165) is 16.7 Å². The molecular formula is C28H29N3O5. The van der Waals surface area contributed by atoms with E-state index in [1.54, 1.807) is 0 Å². The summed E-state index contributed by atoms with van der Waals surface area (Å²) in [5.74, 6) is -1.70.